The predicted molar refractivity (Wildman–Crippen MR) is 55.0 cm³/mol. The summed E-state index contributed by atoms with van der Waals surface area (Å²) < 4.78 is 0. The van der Waals surface area contributed by atoms with Crippen LogP contribution in [-0.2, 0) is 0 Å². The summed E-state index contributed by atoms with van der Waals surface area (Å²) in [7, 11) is 0. The van der Waals surface area contributed by atoms with Crippen molar-refractivity contribution in [2.24, 2.45) is 5.73 Å². The summed E-state index contributed by atoms with van der Waals surface area (Å²) in [5, 5.41) is 0. The molecule has 0 rings (SSSR count). The second-order valence-electron chi connectivity index (χ2n) is 2.49. The number of hydrogen-bond acceptors (Lipinski definition) is 2. The smallest absolute Gasteiger partial charge is 0.0113 e. The van der Waals surface area contributed by atoms with E-state index in [9.17, 15) is 0 Å². The SMILES string of the molecule is CCCCCSC/C=C/CN. The topological polar surface area (TPSA) is 26.0 Å². The molecule has 0 aliphatic heterocycles. The molecule has 0 radical (unpaired) electrons. The normalized spacial score (nSPS) is 11.1. The highest BCUT2D eigenvalue weighted by Gasteiger charge is 1.85. The highest BCUT2D eigenvalue weighted by atomic mass is 32.2. The van der Waals surface area contributed by atoms with Crippen molar-refractivity contribution in [2.45, 2.75) is 26.2 Å². The third-order valence-electron chi connectivity index (χ3n) is 1.41. The Labute approximate surface area is 74.4 Å². The first kappa shape index (κ1) is 11.1. The van der Waals surface area contributed by atoms with Gasteiger partial charge in [0.2, 0.25) is 0 Å². The maximum Gasteiger partial charge on any atom is 0.0113 e. The Kier molecular flexibility index (Phi) is 10.1. The van der Waals surface area contributed by atoms with Crippen LogP contribution in [0.15, 0.2) is 12.2 Å². The Hall–Kier alpha value is 0.0500. The van der Waals surface area contributed by atoms with E-state index in [1.54, 1.807) is 0 Å². The summed E-state index contributed by atoms with van der Waals surface area (Å²) in [5.41, 5.74) is 5.29. The molecule has 66 valence electrons. The van der Waals surface area contributed by atoms with Crippen LogP contribution in [0.25, 0.3) is 0 Å². The fourth-order valence-electron chi connectivity index (χ4n) is 0.770. The molecule has 0 aromatic heterocycles. The van der Waals surface area contributed by atoms with Crippen LogP contribution in [0.5, 0.6) is 0 Å². The van der Waals surface area contributed by atoms with Crippen molar-refractivity contribution in [1.29, 1.82) is 0 Å². The van der Waals surface area contributed by atoms with Crippen molar-refractivity contribution < 1.29 is 0 Å². The van der Waals surface area contributed by atoms with Gasteiger partial charge >= 0.3 is 0 Å². The molecule has 0 aromatic carbocycles. The Morgan fingerprint density at radius 2 is 2.09 bits per heavy atom. The van der Waals surface area contributed by atoms with E-state index in [0.29, 0.717) is 6.54 Å². The molecule has 2 heteroatoms. The van der Waals surface area contributed by atoms with Crippen LogP contribution in [0.1, 0.15) is 26.2 Å². The van der Waals surface area contributed by atoms with E-state index in [1.165, 1.54) is 25.0 Å². The molecule has 1 nitrogen and oxygen atoms in total. The summed E-state index contributed by atoms with van der Waals surface area (Å²) in [4.78, 5) is 0. The van der Waals surface area contributed by atoms with Crippen molar-refractivity contribution in [3.05, 3.63) is 12.2 Å². The van der Waals surface area contributed by atoms with Gasteiger partial charge in [-0.25, -0.2) is 0 Å². The van der Waals surface area contributed by atoms with E-state index >= 15 is 0 Å². The zero-order valence-corrected chi connectivity index (χ0v) is 8.20. The van der Waals surface area contributed by atoms with E-state index in [1.807, 2.05) is 17.8 Å². The molecule has 0 aliphatic carbocycles. The third kappa shape index (κ3) is 10.1. The molecular weight excluding hydrogens is 154 g/mol. The van der Waals surface area contributed by atoms with Crippen LogP contribution < -0.4 is 5.73 Å². The molecule has 11 heavy (non-hydrogen) atoms. The minimum Gasteiger partial charge on any atom is -0.327 e. The molecule has 0 fully saturated rings. The number of hydrogen-bond donors (Lipinski definition) is 1. The number of nitrogens with two attached hydrogens (primary N) is 1. The van der Waals surface area contributed by atoms with E-state index in [2.05, 4.69) is 13.0 Å². The van der Waals surface area contributed by atoms with Gasteiger partial charge in [-0.1, -0.05) is 31.9 Å². The Morgan fingerprint density at radius 3 is 2.73 bits per heavy atom. The average molecular weight is 173 g/mol. The highest BCUT2D eigenvalue weighted by Crippen LogP contribution is 2.05. The lowest BCUT2D eigenvalue weighted by atomic mass is 10.3. The lowest BCUT2D eigenvalue weighted by molar-refractivity contribution is 0.779. The molecule has 0 aliphatic rings. The van der Waals surface area contributed by atoms with Crippen LogP contribution in [-0.4, -0.2) is 18.1 Å². The fraction of sp³-hybridized carbons (Fsp3) is 0.778. The van der Waals surface area contributed by atoms with Crippen molar-refractivity contribution >= 4 is 11.8 Å². The zero-order valence-electron chi connectivity index (χ0n) is 7.38. The van der Waals surface area contributed by atoms with Gasteiger partial charge in [-0.3, -0.25) is 0 Å². The first-order valence-electron chi connectivity index (χ1n) is 4.34. The summed E-state index contributed by atoms with van der Waals surface area (Å²) in [6.45, 7) is 2.91. The van der Waals surface area contributed by atoms with Gasteiger partial charge in [-0.15, -0.1) is 0 Å². The predicted octanol–water partition coefficient (Wildman–Crippen LogP) is 2.42. The van der Waals surface area contributed by atoms with E-state index in [0.717, 1.165) is 5.75 Å². The standard InChI is InChI=1S/C9H19NS/c1-2-3-5-8-11-9-6-4-7-10/h4,6H,2-3,5,7-10H2,1H3/b6-4+. The summed E-state index contributed by atoms with van der Waals surface area (Å²) in [5.74, 6) is 2.42. The third-order valence-corrected chi connectivity index (χ3v) is 2.41. The lowest BCUT2D eigenvalue weighted by Gasteiger charge is -1.95. The van der Waals surface area contributed by atoms with Gasteiger partial charge in [0.25, 0.3) is 0 Å². The summed E-state index contributed by atoms with van der Waals surface area (Å²) >= 11 is 1.99. The Morgan fingerprint density at radius 1 is 1.27 bits per heavy atom. The van der Waals surface area contributed by atoms with Gasteiger partial charge in [0.1, 0.15) is 0 Å². The van der Waals surface area contributed by atoms with Gasteiger partial charge in [0.15, 0.2) is 0 Å². The monoisotopic (exact) mass is 173 g/mol. The van der Waals surface area contributed by atoms with Crippen LogP contribution in [0, 0.1) is 0 Å². The van der Waals surface area contributed by atoms with Crippen molar-refractivity contribution in [1.82, 2.24) is 0 Å². The van der Waals surface area contributed by atoms with Gasteiger partial charge in [0.05, 0.1) is 0 Å². The van der Waals surface area contributed by atoms with Crippen LogP contribution in [0.2, 0.25) is 0 Å². The quantitative estimate of drug-likeness (QED) is 0.472. The van der Waals surface area contributed by atoms with Gasteiger partial charge < -0.3 is 5.73 Å². The van der Waals surface area contributed by atoms with Crippen molar-refractivity contribution in [3.63, 3.8) is 0 Å². The number of rotatable bonds is 7. The first-order chi connectivity index (χ1) is 5.41. The first-order valence-corrected chi connectivity index (χ1v) is 5.50. The largest absolute Gasteiger partial charge is 0.327 e. The molecule has 0 saturated heterocycles. The van der Waals surface area contributed by atoms with Gasteiger partial charge in [0, 0.05) is 12.3 Å². The molecule has 0 heterocycles. The molecule has 0 amide bonds. The second-order valence-corrected chi connectivity index (χ2v) is 3.64. The molecule has 0 bridgehead atoms. The maximum absolute atomic E-state index is 5.29. The molecule has 2 N–H and O–H groups in total. The van der Waals surface area contributed by atoms with Crippen LogP contribution in [0.4, 0.5) is 0 Å². The van der Waals surface area contributed by atoms with E-state index in [-0.39, 0.29) is 0 Å². The summed E-state index contributed by atoms with van der Waals surface area (Å²) in [6.07, 6.45) is 8.22. The van der Waals surface area contributed by atoms with Gasteiger partial charge in [-0.05, 0) is 12.2 Å². The average Bonchev–Trinajstić information content (AvgIpc) is 2.03. The fourth-order valence-corrected chi connectivity index (χ4v) is 1.62. The van der Waals surface area contributed by atoms with E-state index in [4.69, 9.17) is 5.73 Å². The van der Waals surface area contributed by atoms with Crippen molar-refractivity contribution in [2.75, 3.05) is 18.1 Å². The number of thioether (sulfide) groups is 1. The van der Waals surface area contributed by atoms with Crippen LogP contribution in [0.3, 0.4) is 0 Å². The zero-order chi connectivity index (χ0) is 8.36. The molecule has 0 aromatic rings. The Balaban J connectivity index is 2.85. The molecular formula is C9H19NS. The second kappa shape index (κ2) is 10.0. The summed E-state index contributed by atoms with van der Waals surface area (Å²) in [6, 6.07) is 0. The lowest BCUT2D eigenvalue weighted by Crippen LogP contribution is -1.92. The molecule has 0 atom stereocenters. The van der Waals surface area contributed by atoms with Crippen LogP contribution >= 0.6 is 11.8 Å². The number of unbranched alkanes of at least 4 members (excludes halogenated alkanes) is 2. The van der Waals surface area contributed by atoms with E-state index < -0.39 is 0 Å². The minimum absolute atomic E-state index is 0.676. The maximum atomic E-state index is 5.29. The molecule has 0 spiro atoms. The minimum atomic E-state index is 0.676. The van der Waals surface area contributed by atoms with Crippen molar-refractivity contribution in [3.8, 4) is 0 Å². The van der Waals surface area contributed by atoms with Gasteiger partial charge in [-0.2, -0.15) is 11.8 Å². The highest BCUT2D eigenvalue weighted by molar-refractivity contribution is 7.99. The molecule has 0 unspecified atom stereocenters. The molecule has 0 saturated carbocycles. The Bertz CT molecular complexity index is 91.6.